The third-order valence-corrected chi connectivity index (χ3v) is 5.21. The van der Waals surface area contributed by atoms with Crippen molar-refractivity contribution in [3.63, 3.8) is 0 Å². The second-order valence-electron chi connectivity index (χ2n) is 5.29. The topological polar surface area (TPSA) is 29.5 Å². The summed E-state index contributed by atoms with van der Waals surface area (Å²) in [4.78, 5) is 16.5. The number of methoxy groups -OCH3 is 1. The number of hydrogen-bond acceptors (Lipinski definition) is 4. The van der Waals surface area contributed by atoms with Crippen molar-refractivity contribution >= 4 is 40.7 Å². The number of carbonyl (C=O) groups excluding carboxylic acids is 1. The van der Waals surface area contributed by atoms with Crippen LogP contribution in [0, 0.1) is 0 Å². The van der Waals surface area contributed by atoms with Gasteiger partial charge < -0.3 is 9.64 Å². The summed E-state index contributed by atoms with van der Waals surface area (Å²) >= 11 is 7.56. The lowest BCUT2D eigenvalue weighted by Crippen LogP contribution is -2.22. The molecular weight excluding hydrogens is 330 g/mol. The van der Waals surface area contributed by atoms with Gasteiger partial charge in [0, 0.05) is 22.2 Å². The maximum Gasteiger partial charge on any atom is 0.337 e. The Labute approximate surface area is 145 Å². The maximum absolute atomic E-state index is 11.8. The van der Waals surface area contributed by atoms with Crippen molar-refractivity contribution in [2.24, 2.45) is 0 Å². The van der Waals surface area contributed by atoms with Crippen LogP contribution >= 0.6 is 23.4 Å². The molecule has 23 heavy (non-hydrogen) atoms. The molecule has 0 bridgehead atoms. The Morgan fingerprint density at radius 1 is 1.13 bits per heavy atom. The molecule has 0 unspecified atom stereocenters. The summed E-state index contributed by atoms with van der Waals surface area (Å²) in [5, 5.41) is 0. The van der Waals surface area contributed by atoms with Gasteiger partial charge in [-0.05, 0) is 43.2 Å². The average Bonchev–Trinajstić information content (AvgIpc) is 2.60. The van der Waals surface area contributed by atoms with Gasteiger partial charge in [-0.3, -0.25) is 0 Å². The number of carbonyl (C=O) groups is 1. The SMILES string of the molecule is COC(=O)c1ccc2c(c1)N(CCCCCl)c1ccccc1S2. The fourth-order valence-electron chi connectivity index (χ4n) is 2.68. The van der Waals surface area contributed by atoms with Crippen molar-refractivity contribution in [1.29, 1.82) is 0 Å². The minimum Gasteiger partial charge on any atom is -0.465 e. The van der Waals surface area contributed by atoms with Gasteiger partial charge in [-0.1, -0.05) is 23.9 Å². The summed E-state index contributed by atoms with van der Waals surface area (Å²) in [5.74, 6) is 0.358. The van der Waals surface area contributed by atoms with Crippen LogP contribution in [0.1, 0.15) is 23.2 Å². The number of alkyl halides is 1. The molecule has 3 nitrogen and oxygen atoms in total. The molecule has 0 radical (unpaired) electrons. The van der Waals surface area contributed by atoms with Gasteiger partial charge in [0.15, 0.2) is 0 Å². The molecule has 0 amide bonds. The van der Waals surface area contributed by atoms with Crippen LogP contribution < -0.4 is 4.90 Å². The molecule has 1 aliphatic rings. The van der Waals surface area contributed by atoms with Crippen molar-refractivity contribution < 1.29 is 9.53 Å². The van der Waals surface area contributed by atoms with Gasteiger partial charge in [0.25, 0.3) is 0 Å². The van der Waals surface area contributed by atoms with E-state index in [1.807, 2.05) is 24.3 Å². The van der Waals surface area contributed by atoms with E-state index >= 15 is 0 Å². The molecule has 0 atom stereocenters. The molecule has 120 valence electrons. The van der Waals surface area contributed by atoms with E-state index in [1.54, 1.807) is 11.8 Å². The van der Waals surface area contributed by atoms with E-state index in [9.17, 15) is 4.79 Å². The molecule has 0 aromatic heterocycles. The van der Waals surface area contributed by atoms with Gasteiger partial charge in [0.1, 0.15) is 0 Å². The van der Waals surface area contributed by atoms with Gasteiger partial charge in [0.2, 0.25) is 0 Å². The maximum atomic E-state index is 11.8. The lowest BCUT2D eigenvalue weighted by Gasteiger charge is -2.33. The molecule has 1 heterocycles. The number of fused-ring (bicyclic) bond motifs is 2. The Morgan fingerprint density at radius 3 is 2.70 bits per heavy atom. The number of benzene rings is 2. The first-order valence-electron chi connectivity index (χ1n) is 7.57. The number of rotatable bonds is 5. The number of esters is 1. The molecule has 2 aromatic carbocycles. The third kappa shape index (κ3) is 3.33. The van der Waals surface area contributed by atoms with Gasteiger partial charge in [0.05, 0.1) is 24.0 Å². The number of para-hydroxylation sites is 1. The average molecular weight is 348 g/mol. The molecule has 0 spiro atoms. The predicted octanol–water partition coefficient (Wildman–Crippen LogP) is 5.09. The fourth-order valence-corrected chi connectivity index (χ4v) is 3.94. The van der Waals surface area contributed by atoms with E-state index in [-0.39, 0.29) is 5.97 Å². The van der Waals surface area contributed by atoms with E-state index < -0.39 is 0 Å². The van der Waals surface area contributed by atoms with Crippen LogP contribution in [0.3, 0.4) is 0 Å². The molecule has 3 rings (SSSR count). The molecule has 0 aliphatic carbocycles. The molecule has 0 N–H and O–H groups in total. The van der Waals surface area contributed by atoms with Crippen molar-refractivity contribution in [2.75, 3.05) is 24.4 Å². The van der Waals surface area contributed by atoms with E-state index in [4.69, 9.17) is 16.3 Å². The molecule has 0 saturated heterocycles. The van der Waals surface area contributed by atoms with Crippen LogP contribution in [-0.4, -0.2) is 25.5 Å². The summed E-state index contributed by atoms with van der Waals surface area (Å²) in [5.41, 5.74) is 2.82. The first kappa shape index (κ1) is 16.2. The summed E-state index contributed by atoms with van der Waals surface area (Å²) in [6.07, 6.45) is 1.98. The fraction of sp³-hybridized carbons (Fsp3) is 0.278. The number of anilines is 2. The standard InChI is InChI=1S/C18H18ClNO2S/c1-22-18(21)13-8-9-17-15(12-13)20(11-5-4-10-19)14-6-2-3-7-16(14)23-17/h2-3,6-9,12H,4-5,10-11H2,1H3. The van der Waals surface area contributed by atoms with Crippen molar-refractivity contribution in [3.05, 3.63) is 48.0 Å². The van der Waals surface area contributed by atoms with Gasteiger partial charge in [-0.25, -0.2) is 4.79 Å². The second kappa shape index (κ2) is 7.28. The lowest BCUT2D eigenvalue weighted by molar-refractivity contribution is 0.0600. The Balaban J connectivity index is 2.01. The zero-order valence-electron chi connectivity index (χ0n) is 12.9. The number of hydrogen-bond donors (Lipinski definition) is 0. The van der Waals surface area contributed by atoms with Gasteiger partial charge in [-0.2, -0.15) is 0 Å². The van der Waals surface area contributed by atoms with Gasteiger partial charge >= 0.3 is 5.97 Å². The molecule has 0 fully saturated rings. The van der Waals surface area contributed by atoms with Crippen molar-refractivity contribution in [1.82, 2.24) is 0 Å². The highest BCUT2D eigenvalue weighted by molar-refractivity contribution is 7.99. The van der Waals surface area contributed by atoms with Crippen LogP contribution in [0.2, 0.25) is 0 Å². The number of halogens is 1. The van der Waals surface area contributed by atoms with E-state index in [2.05, 4.69) is 23.1 Å². The molecular formula is C18H18ClNO2S. The number of nitrogens with zero attached hydrogens (tertiary/aromatic N) is 1. The zero-order valence-corrected chi connectivity index (χ0v) is 14.5. The third-order valence-electron chi connectivity index (χ3n) is 3.81. The largest absolute Gasteiger partial charge is 0.465 e. The first-order valence-corrected chi connectivity index (χ1v) is 8.92. The Kier molecular flexibility index (Phi) is 5.13. The Hall–Kier alpha value is -1.65. The van der Waals surface area contributed by atoms with Crippen molar-refractivity contribution in [2.45, 2.75) is 22.6 Å². The molecule has 5 heteroatoms. The van der Waals surface area contributed by atoms with Crippen LogP contribution in [0.15, 0.2) is 52.3 Å². The minimum atomic E-state index is -0.308. The summed E-state index contributed by atoms with van der Waals surface area (Å²) in [6, 6.07) is 14.1. The normalized spacial score (nSPS) is 12.5. The van der Waals surface area contributed by atoms with Crippen LogP contribution in [0.25, 0.3) is 0 Å². The number of unbranched alkanes of at least 4 members (excludes halogenated alkanes) is 1. The monoisotopic (exact) mass is 347 g/mol. The van der Waals surface area contributed by atoms with Gasteiger partial charge in [-0.15, -0.1) is 11.6 Å². The van der Waals surface area contributed by atoms with Crippen molar-refractivity contribution in [3.8, 4) is 0 Å². The van der Waals surface area contributed by atoms with E-state index in [0.29, 0.717) is 11.4 Å². The smallest absolute Gasteiger partial charge is 0.337 e. The second-order valence-corrected chi connectivity index (χ2v) is 6.75. The quantitative estimate of drug-likeness (QED) is 0.428. The first-order chi connectivity index (χ1) is 11.2. The molecule has 0 saturated carbocycles. The van der Waals surface area contributed by atoms with E-state index in [1.165, 1.54) is 17.7 Å². The van der Waals surface area contributed by atoms with Crippen LogP contribution in [0.5, 0.6) is 0 Å². The van der Waals surface area contributed by atoms with Crippen LogP contribution in [0.4, 0.5) is 11.4 Å². The highest BCUT2D eigenvalue weighted by atomic mass is 35.5. The summed E-state index contributed by atoms with van der Waals surface area (Å²) in [7, 11) is 1.41. The van der Waals surface area contributed by atoms with Crippen LogP contribution in [-0.2, 0) is 4.74 Å². The zero-order chi connectivity index (χ0) is 16.2. The summed E-state index contributed by atoms with van der Waals surface area (Å²) < 4.78 is 4.85. The predicted molar refractivity (Wildman–Crippen MR) is 95.3 cm³/mol. The molecule has 2 aromatic rings. The lowest BCUT2D eigenvalue weighted by atomic mass is 10.1. The number of ether oxygens (including phenoxy) is 1. The highest BCUT2D eigenvalue weighted by Gasteiger charge is 2.24. The summed E-state index contributed by atoms with van der Waals surface area (Å²) in [6.45, 7) is 0.877. The molecule has 1 aliphatic heterocycles. The Morgan fingerprint density at radius 2 is 1.91 bits per heavy atom. The van der Waals surface area contributed by atoms with E-state index in [0.717, 1.165) is 30.0 Å². The minimum absolute atomic E-state index is 0.308. The Bertz CT molecular complexity index is 720. The highest BCUT2D eigenvalue weighted by Crippen LogP contribution is 2.48.